The normalized spacial score (nSPS) is 11.8. The first-order chi connectivity index (χ1) is 14.3. The van der Waals surface area contributed by atoms with Gasteiger partial charge >= 0.3 is 6.18 Å². The van der Waals surface area contributed by atoms with Gasteiger partial charge in [-0.1, -0.05) is 23.9 Å². The fraction of sp³-hybridized carbons (Fsp3) is 0.222. The Morgan fingerprint density at radius 2 is 1.60 bits per heavy atom. The van der Waals surface area contributed by atoms with E-state index in [1.165, 1.54) is 28.6 Å². The van der Waals surface area contributed by atoms with E-state index < -0.39 is 11.7 Å². The quantitative estimate of drug-likeness (QED) is 0.446. The van der Waals surface area contributed by atoms with Gasteiger partial charge in [-0.25, -0.2) is 0 Å². The van der Waals surface area contributed by atoms with Crippen LogP contribution in [-0.4, -0.2) is 40.4 Å². The Morgan fingerprint density at radius 3 is 2.33 bits per heavy atom. The molecular formula is C18H15F3N8S. The Morgan fingerprint density at radius 1 is 0.900 bits per heavy atom. The van der Waals surface area contributed by atoms with Gasteiger partial charge in [-0.2, -0.15) is 22.5 Å². The molecule has 4 rings (SSSR count). The molecule has 2 aromatic heterocycles. The number of hydrogen-bond acceptors (Lipinski definition) is 7. The lowest BCUT2D eigenvalue weighted by Crippen LogP contribution is -2.07. The molecule has 2 heterocycles. The van der Waals surface area contributed by atoms with Crippen LogP contribution in [0.15, 0.2) is 47.6 Å². The van der Waals surface area contributed by atoms with Crippen LogP contribution in [0.1, 0.15) is 22.5 Å². The maximum Gasteiger partial charge on any atom is 0.416 e. The van der Waals surface area contributed by atoms with Crippen LogP contribution in [0.2, 0.25) is 0 Å². The lowest BCUT2D eigenvalue weighted by atomic mass is 10.1. The molecule has 0 radical (unpaired) electrons. The topological polar surface area (TPSA) is 87.2 Å². The van der Waals surface area contributed by atoms with Gasteiger partial charge in [0.2, 0.25) is 5.16 Å². The SMILES string of the molecule is Cc1cccc(-n2nnnc2SCc2nnnn2-c2ccc(C(F)(F)F)cc2)c1C. The van der Waals surface area contributed by atoms with Gasteiger partial charge in [0.15, 0.2) is 5.82 Å². The van der Waals surface area contributed by atoms with Crippen molar-refractivity contribution in [3.8, 4) is 11.4 Å². The summed E-state index contributed by atoms with van der Waals surface area (Å²) in [7, 11) is 0. The van der Waals surface area contributed by atoms with Crippen molar-refractivity contribution in [3.05, 3.63) is 65.0 Å². The Bertz CT molecular complexity index is 1170. The van der Waals surface area contributed by atoms with Crippen LogP contribution in [-0.2, 0) is 11.9 Å². The van der Waals surface area contributed by atoms with Crippen LogP contribution >= 0.6 is 11.8 Å². The van der Waals surface area contributed by atoms with E-state index >= 15 is 0 Å². The van der Waals surface area contributed by atoms with E-state index in [0.717, 1.165) is 28.9 Å². The van der Waals surface area contributed by atoms with Gasteiger partial charge in [0.25, 0.3) is 0 Å². The zero-order valence-corrected chi connectivity index (χ0v) is 16.7. The zero-order valence-electron chi connectivity index (χ0n) is 15.9. The molecule has 0 aliphatic carbocycles. The number of thioether (sulfide) groups is 1. The zero-order chi connectivity index (χ0) is 21.3. The highest BCUT2D eigenvalue weighted by molar-refractivity contribution is 7.98. The van der Waals surface area contributed by atoms with E-state index in [-0.39, 0.29) is 0 Å². The highest BCUT2D eigenvalue weighted by Gasteiger charge is 2.30. The second-order valence-corrected chi connectivity index (χ2v) is 7.38. The summed E-state index contributed by atoms with van der Waals surface area (Å²) in [6.07, 6.45) is -4.40. The summed E-state index contributed by atoms with van der Waals surface area (Å²) in [6.45, 7) is 4.00. The first kappa shape index (κ1) is 20.0. The molecule has 154 valence electrons. The maximum absolute atomic E-state index is 12.8. The molecule has 0 aliphatic heterocycles. The minimum absolute atomic E-state index is 0.319. The molecule has 0 spiro atoms. The lowest BCUT2D eigenvalue weighted by molar-refractivity contribution is -0.137. The van der Waals surface area contributed by atoms with Gasteiger partial charge in [-0.15, -0.1) is 10.2 Å². The molecule has 30 heavy (non-hydrogen) atoms. The summed E-state index contributed by atoms with van der Waals surface area (Å²) in [5.41, 5.74) is 2.73. The second-order valence-electron chi connectivity index (χ2n) is 6.43. The molecule has 0 N–H and O–H groups in total. The average Bonchev–Trinajstić information content (AvgIpc) is 3.37. The largest absolute Gasteiger partial charge is 0.416 e. The predicted octanol–water partition coefficient (Wildman–Crippen LogP) is 3.57. The monoisotopic (exact) mass is 432 g/mol. The number of alkyl halides is 3. The van der Waals surface area contributed by atoms with Gasteiger partial charge in [0.05, 0.1) is 22.7 Å². The fourth-order valence-corrected chi connectivity index (χ4v) is 3.59. The fourth-order valence-electron chi connectivity index (χ4n) is 2.80. The molecule has 2 aromatic carbocycles. The van der Waals surface area contributed by atoms with Crippen molar-refractivity contribution >= 4 is 11.8 Å². The second kappa shape index (κ2) is 7.86. The minimum Gasteiger partial charge on any atom is -0.196 e. The Labute approximate surface area is 173 Å². The van der Waals surface area contributed by atoms with Crippen LogP contribution in [0.25, 0.3) is 11.4 Å². The van der Waals surface area contributed by atoms with Crippen molar-refractivity contribution in [2.24, 2.45) is 0 Å². The van der Waals surface area contributed by atoms with E-state index in [1.54, 1.807) is 4.68 Å². The molecule has 0 atom stereocenters. The van der Waals surface area contributed by atoms with Gasteiger partial charge < -0.3 is 0 Å². The van der Waals surface area contributed by atoms with E-state index in [2.05, 4.69) is 31.1 Å². The third-order valence-corrected chi connectivity index (χ3v) is 5.46. The van der Waals surface area contributed by atoms with Gasteiger partial charge in [0, 0.05) is 0 Å². The van der Waals surface area contributed by atoms with E-state index in [9.17, 15) is 13.2 Å². The molecule has 4 aromatic rings. The van der Waals surface area contributed by atoms with Crippen LogP contribution in [0.3, 0.4) is 0 Å². The maximum atomic E-state index is 12.8. The molecule has 0 bridgehead atoms. The number of rotatable bonds is 5. The van der Waals surface area contributed by atoms with Crippen molar-refractivity contribution in [1.82, 2.24) is 40.4 Å². The third kappa shape index (κ3) is 3.90. The lowest BCUT2D eigenvalue weighted by Gasteiger charge is -2.10. The Balaban J connectivity index is 1.56. The Hall–Kier alpha value is -3.28. The van der Waals surface area contributed by atoms with Crippen LogP contribution < -0.4 is 0 Å². The van der Waals surface area contributed by atoms with Gasteiger partial charge in [-0.05, 0) is 76.2 Å². The van der Waals surface area contributed by atoms with Crippen LogP contribution in [0, 0.1) is 13.8 Å². The summed E-state index contributed by atoms with van der Waals surface area (Å²) in [5, 5.41) is 24.0. The van der Waals surface area contributed by atoms with E-state index in [4.69, 9.17) is 0 Å². The minimum atomic E-state index is -4.40. The third-order valence-electron chi connectivity index (χ3n) is 4.55. The molecular weight excluding hydrogens is 417 g/mol. The molecule has 0 amide bonds. The molecule has 0 saturated heterocycles. The Kier molecular flexibility index (Phi) is 5.24. The highest BCUT2D eigenvalue weighted by atomic mass is 32.2. The first-order valence-corrected chi connectivity index (χ1v) is 9.76. The highest BCUT2D eigenvalue weighted by Crippen LogP contribution is 2.30. The number of tetrazole rings is 2. The molecule has 12 heteroatoms. The number of benzene rings is 2. The van der Waals surface area contributed by atoms with E-state index in [1.807, 2.05) is 32.0 Å². The number of aryl methyl sites for hydroxylation is 1. The molecule has 0 unspecified atom stereocenters. The van der Waals surface area contributed by atoms with Crippen molar-refractivity contribution in [2.75, 3.05) is 0 Å². The summed E-state index contributed by atoms with van der Waals surface area (Å²) in [6, 6.07) is 10.5. The average molecular weight is 432 g/mol. The molecule has 8 nitrogen and oxygen atoms in total. The number of halogens is 3. The summed E-state index contributed by atoms with van der Waals surface area (Å²) in [5.74, 6) is 0.773. The molecule has 0 aliphatic rings. The van der Waals surface area contributed by atoms with Crippen LogP contribution in [0.4, 0.5) is 13.2 Å². The molecule has 0 saturated carbocycles. The van der Waals surface area contributed by atoms with Gasteiger partial charge in [0.1, 0.15) is 0 Å². The summed E-state index contributed by atoms with van der Waals surface area (Å²) >= 11 is 1.32. The summed E-state index contributed by atoms with van der Waals surface area (Å²) < 4.78 is 41.4. The standard InChI is InChI=1S/C18H15F3N8S/c1-11-4-3-5-15(12(11)2)29-17(23-25-27-29)30-10-16-22-24-26-28(16)14-8-6-13(7-9-14)18(19,20)21/h3-9H,10H2,1-2H3. The van der Waals surface area contributed by atoms with Crippen molar-refractivity contribution in [1.29, 1.82) is 0 Å². The first-order valence-electron chi connectivity index (χ1n) is 8.77. The molecule has 0 fully saturated rings. The van der Waals surface area contributed by atoms with Crippen molar-refractivity contribution in [3.63, 3.8) is 0 Å². The summed E-state index contributed by atoms with van der Waals surface area (Å²) in [4.78, 5) is 0. The number of aromatic nitrogens is 8. The predicted molar refractivity (Wildman–Crippen MR) is 102 cm³/mol. The smallest absolute Gasteiger partial charge is 0.196 e. The number of hydrogen-bond donors (Lipinski definition) is 0. The van der Waals surface area contributed by atoms with Gasteiger partial charge in [-0.3, -0.25) is 0 Å². The van der Waals surface area contributed by atoms with Crippen LogP contribution in [0.5, 0.6) is 0 Å². The van der Waals surface area contributed by atoms with Crippen molar-refractivity contribution < 1.29 is 13.2 Å². The number of nitrogens with zero attached hydrogens (tertiary/aromatic N) is 8. The van der Waals surface area contributed by atoms with E-state index in [0.29, 0.717) is 22.4 Å². The van der Waals surface area contributed by atoms with Crippen molar-refractivity contribution in [2.45, 2.75) is 30.9 Å².